The Morgan fingerprint density at radius 1 is 1.21 bits per heavy atom. The molecule has 0 aromatic carbocycles. The smallest absolute Gasteiger partial charge is 0.146 e. The van der Waals surface area contributed by atoms with Gasteiger partial charge in [-0.1, -0.05) is 18.9 Å². The van der Waals surface area contributed by atoms with E-state index in [0.29, 0.717) is 25.2 Å². The monoisotopic (exact) mass is 338 g/mol. The van der Waals surface area contributed by atoms with Crippen LogP contribution < -0.4 is 0 Å². The third kappa shape index (κ3) is 2.12. The quantitative estimate of drug-likeness (QED) is 0.719. The number of ether oxygens (including phenoxy) is 1. The Kier molecular flexibility index (Phi) is 3.91. The summed E-state index contributed by atoms with van der Waals surface area (Å²) in [5.41, 5.74) is -1.40. The number of aliphatic hydroxyl groups is 2. The first-order valence-electron chi connectivity index (χ1n) is 9.66. The molecule has 4 aliphatic rings. The van der Waals surface area contributed by atoms with Crippen LogP contribution in [0.1, 0.15) is 64.7 Å². The molecule has 0 amide bonds. The van der Waals surface area contributed by atoms with Crippen LogP contribution in [0.3, 0.4) is 0 Å². The Labute approximate surface area is 144 Å². The van der Waals surface area contributed by atoms with Gasteiger partial charge in [0.1, 0.15) is 17.4 Å². The molecule has 3 fully saturated rings. The summed E-state index contributed by atoms with van der Waals surface area (Å²) < 4.78 is 21.4. The van der Waals surface area contributed by atoms with Crippen LogP contribution >= 0.6 is 0 Å². The summed E-state index contributed by atoms with van der Waals surface area (Å²) in [4.78, 5) is 0. The van der Waals surface area contributed by atoms with E-state index in [1.807, 2.05) is 6.08 Å². The first kappa shape index (κ1) is 17.0. The van der Waals surface area contributed by atoms with Gasteiger partial charge in [-0.15, -0.1) is 0 Å². The van der Waals surface area contributed by atoms with Crippen molar-refractivity contribution in [3.63, 3.8) is 0 Å². The van der Waals surface area contributed by atoms with Crippen LogP contribution in [-0.4, -0.2) is 40.8 Å². The zero-order valence-corrected chi connectivity index (χ0v) is 14.9. The predicted octanol–water partition coefficient (Wildman–Crippen LogP) is 3.53. The first-order chi connectivity index (χ1) is 11.3. The number of rotatable bonds is 1. The number of hydrogen-bond donors (Lipinski definition) is 2. The molecular formula is C20H31FO3. The maximum Gasteiger partial charge on any atom is 0.146 e. The van der Waals surface area contributed by atoms with Crippen molar-refractivity contribution < 1.29 is 19.3 Å². The van der Waals surface area contributed by atoms with Crippen LogP contribution in [0.25, 0.3) is 0 Å². The molecule has 2 N–H and O–H groups in total. The second kappa shape index (κ2) is 5.52. The summed E-state index contributed by atoms with van der Waals surface area (Å²) >= 11 is 0. The average molecular weight is 338 g/mol. The van der Waals surface area contributed by atoms with Gasteiger partial charge >= 0.3 is 0 Å². The molecule has 4 aliphatic carbocycles. The summed E-state index contributed by atoms with van der Waals surface area (Å²) in [7, 11) is 1.55. The molecule has 0 aromatic rings. The standard InChI is InChI=1S/C20H31FO3/c1-18-8-3-4-16(18)19(23)9-7-13-5-6-15(22)10-14(13)11-20(19,24-2)17(21)12-18/h11,13,15-17,22-23H,3-10,12H2,1-2H3/t13?,15?,16?,17?,18?,19-,20?/m0/s1. The number of alkyl halides is 1. The lowest BCUT2D eigenvalue weighted by atomic mass is 9.54. The summed E-state index contributed by atoms with van der Waals surface area (Å²) in [6, 6.07) is 0. The van der Waals surface area contributed by atoms with E-state index in [1.54, 1.807) is 7.11 Å². The highest BCUT2D eigenvalue weighted by Gasteiger charge is 2.68. The fraction of sp³-hybridized carbons (Fsp3) is 0.900. The van der Waals surface area contributed by atoms with Crippen molar-refractivity contribution in [2.45, 2.75) is 88.2 Å². The molecule has 3 nitrogen and oxygen atoms in total. The Morgan fingerprint density at radius 3 is 2.75 bits per heavy atom. The number of hydrogen-bond acceptors (Lipinski definition) is 3. The maximum atomic E-state index is 15.5. The highest BCUT2D eigenvalue weighted by molar-refractivity contribution is 5.31. The van der Waals surface area contributed by atoms with E-state index in [1.165, 1.54) is 0 Å². The zero-order chi connectivity index (χ0) is 17.2. The highest BCUT2D eigenvalue weighted by atomic mass is 19.1. The van der Waals surface area contributed by atoms with Crippen molar-refractivity contribution >= 4 is 0 Å². The largest absolute Gasteiger partial charge is 0.393 e. The highest BCUT2D eigenvalue weighted by Crippen LogP contribution is 2.63. The van der Waals surface area contributed by atoms with Crippen LogP contribution in [0.4, 0.5) is 4.39 Å². The summed E-state index contributed by atoms with van der Waals surface area (Å²) in [5.74, 6) is 0.453. The van der Waals surface area contributed by atoms with E-state index in [0.717, 1.165) is 44.1 Å². The summed E-state index contributed by atoms with van der Waals surface area (Å²) in [6.07, 6.45) is 7.67. The molecule has 6 unspecified atom stereocenters. The van der Waals surface area contributed by atoms with E-state index in [-0.39, 0.29) is 17.4 Å². The molecule has 3 saturated carbocycles. The van der Waals surface area contributed by atoms with Gasteiger partial charge in [-0.2, -0.15) is 0 Å². The second-order valence-corrected chi connectivity index (χ2v) is 9.08. The summed E-state index contributed by atoms with van der Waals surface area (Å²) in [5, 5.41) is 21.9. The Balaban J connectivity index is 1.83. The molecule has 0 aliphatic heterocycles. The van der Waals surface area contributed by atoms with Gasteiger partial charge in [-0.3, -0.25) is 0 Å². The van der Waals surface area contributed by atoms with Gasteiger partial charge in [0.05, 0.1) is 6.10 Å². The van der Waals surface area contributed by atoms with Crippen LogP contribution in [0.2, 0.25) is 0 Å². The Hall–Kier alpha value is -0.450. The molecule has 136 valence electrons. The fourth-order valence-corrected chi connectivity index (χ4v) is 6.64. The van der Waals surface area contributed by atoms with Gasteiger partial charge in [0.15, 0.2) is 0 Å². The molecule has 24 heavy (non-hydrogen) atoms. The number of aliphatic hydroxyl groups excluding tert-OH is 1. The summed E-state index contributed by atoms with van der Waals surface area (Å²) in [6.45, 7) is 2.16. The SMILES string of the molecule is COC12C=C3CC(O)CCC3CC[C@]1(O)C1CCCC1(C)CC2F. The topological polar surface area (TPSA) is 49.7 Å². The zero-order valence-electron chi connectivity index (χ0n) is 14.9. The second-order valence-electron chi connectivity index (χ2n) is 9.08. The van der Waals surface area contributed by atoms with Crippen molar-refractivity contribution in [3.8, 4) is 0 Å². The average Bonchev–Trinajstić information content (AvgIpc) is 2.86. The lowest BCUT2D eigenvalue weighted by Gasteiger charge is -2.58. The lowest BCUT2D eigenvalue weighted by molar-refractivity contribution is -0.247. The van der Waals surface area contributed by atoms with E-state index in [2.05, 4.69) is 6.92 Å². The third-order valence-electron chi connectivity index (χ3n) is 7.90. The van der Waals surface area contributed by atoms with Gasteiger partial charge in [0.25, 0.3) is 0 Å². The van der Waals surface area contributed by atoms with Gasteiger partial charge in [-0.25, -0.2) is 4.39 Å². The molecule has 0 saturated heterocycles. The van der Waals surface area contributed by atoms with Gasteiger partial charge in [0, 0.05) is 7.11 Å². The van der Waals surface area contributed by atoms with Crippen molar-refractivity contribution in [2.75, 3.05) is 7.11 Å². The molecule has 0 heterocycles. The minimum atomic E-state index is -1.25. The van der Waals surface area contributed by atoms with Crippen molar-refractivity contribution in [1.82, 2.24) is 0 Å². The Morgan fingerprint density at radius 2 is 2.00 bits per heavy atom. The molecule has 0 bridgehead atoms. The third-order valence-corrected chi connectivity index (χ3v) is 7.90. The van der Waals surface area contributed by atoms with Crippen LogP contribution in [-0.2, 0) is 4.74 Å². The molecule has 4 rings (SSSR count). The number of methoxy groups -OCH3 is 1. The van der Waals surface area contributed by atoms with Crippen molar-refractivity contribution in [3.05, 3.63) is 11.6 Å². The van der Waals surface area contributed by atoms with E-state index in [4.69, 9.17) is 4.74 Å². The van der Waals surface area contributed by atoms with Crippen LogP contribution in [0.15, 0.2) is 11.6 Å². The predicted molar refractivity (Wildman–Crippen MR) is 90.3 cm³/mol. The molecule has 7 atom stereocenters. The first-order valence-corrected chi connectivity index (χ1v) is 9.66. The fourth-order valence-electron chi connectivity index (χ4n) is 6.64. The van der Waals surface area contributed by atoms with Crippen molar-refractivity contribution in [1.29, 1.82) is 0 Å². The molecule has 0 spiro atoms. The van der Waals surface area contributed by atoms with Gasteiger partial charge in [-0.05, 0) is 74.7 Å². The van der Waals surface area contributed by atoms with Gasteiger partial charge in [0.2, 0.25) is 0 Å². The number of halogens is 1. The molecular weight excluding hydrogens is 307 g/mol. The van der Waals surface area contributed by atoms with Gasteiger partial charge < -0.3 is 14.9 Å². The lowest BCUT2D eigenvalue weighted by Crippen LogP contribution is -2.69. The molecule has 0 radical (unpaired) electrons. The minimum absolute atomic E-state index is 0.0962. The minimum Gasteiger partial charge on any atom is -0.393 e. The van der Waals surface area contributed by atoms with Crippen molar-refractivity contribution in [2.24, 2.45) is 17.3 Å². The number of fused-ring (bicyclic) bond motifs is 4. The van der Waals surface area contributed by atoms with Crippen LogP contribution in [0.5, 0.6) is 0 Å². The van der Waals surface area contributed by atoms with Crippen LogP contribution in [0, 0.1) is 17.3 Å². The molecule has 4 heteroatoms. The van der Waals surface area contributed by atoms with E-state index in [9.17, 15) is 10.2 Å². The van der Waals surface area contributed by atoms with E-state index < -0.39 is 17.4 Å². The normalized spacial score (nSPS) is 54.3. The Bertz CT molecular complexity index is 549. The van der Waals surface area contributed by atoms with E-state index >= 15 is 4.39 Å². The maximum absolute atomic E-state index is 15.5. The molecule has 0 aromatic heterocycles.